The van der Waals surface area contributed by atoms with E-state index in [0.29, 0.717) is 6.54 Å². The van der Waals surface area contributed by atoms with Crippen LogP contribution in [0.3, 0.4) is 0 Å². The summed E-state index contributed by atoms with van der Waals surface area (Å²) in [5.74, 6) is 0.0147. The molecule has 3 nitrogen and oxygen atoms in total. The highest BCUT2D eigenvalue weighted by Crippen LogP contribution is 2.20. The Hall–Kier alpha value is -1.87. The topological polar surface area (TPSA) is 32.3 Å². The summed E-state index contributed by atoms with van der Waals surface area (Å²) in [6.45, 7) is 7.40. The number of hydrogen-bond donors (Lipinski definition) is 1. The van der Waals surface area contributed by atoms with Gasteiger partial charge in [0.2, 0.25) is 0 Å². The van der Waals surface area contributed by atoms with Crippen LogP contribution in [-0.4, -0.2) is 36.0 Å². The summed E-state index contributed by atoms with van der Waals surface area (Å²) in [5.41, 5.74) is 0.741. The highest BCUT2D eigenvalue weighted by Gasteiger charge is 2.28. The molecule has 0 saturated carbocycles. The smallest absolute Gasteiger partial charge is 0.251 e. The second kappa shape index (κ2) is 6.71. The molecule has 0 spiro atoms. The van der Waals surface area contributed by atoms with Crippen LogP contribution in [0, 0.1) is 0 Å². The van der Waals surface area contributed by atoms with E-state index in [0.717, 1.165) is 29.4 Å². The summed E-state index contributed by atoms with van der Waals surface area (Å²) in [7, 11) is 0. The molecule has 1 aliphatic heterocycles. The fourth-order valence-corrected chi connectivity index (χ4v) is 3.34. The van der Waals surface area contributed by atoms with E-state index in [9.17, 15) is 4.79 Å². The molecule has 1 saturated heterocycles. The number of nitrogens with zero attached hydrogens (tertiary/aromatic N) is 1. The molecule has 2 aromatic rings. The van der Waals surface area contributed by atoms with Gasteiger partial charge >= 0.3 is 0 Å². The molecule has 1 fully saturated rings. The van der Waals surface area contributed by atoms with Gasteiger partial charge in [-0.15, -0.1) is 0 Å². The van der Waals surface area contributed by atoms with Gasteiger partial charge in [-0.1, -0.05) is 36.8 Å². The van der Waals surface area contributed by atoms with Gasteiger partial charge in [0.15, 0.2) is 0 Å². The fraction of sp³-hybridized carbons (Fsp3) is 0.450. The number of carbonyl (C=O) groups excluding carboxylic acids is 1. The van der Waals surface area contributed by atoms with Crippen LogP contribution < -0.4 is 5.32 Å². The van der Waals surface area contributed by atoms with Crippen molar-refractivity contribution < 1.29 is 4.79 Å². The summed E-state index contributed by atoms with van der Waals surface area (Å²) in [5, 5.41) is 5.39. The van der Waals surface area contributed by atoms with Crippen molar-refractivity contribution >= 4 is 16.7 Å². The fourth-order valence-electron chi connectivity index (χ4n) is 3.34. The molecule has 122 valence electrons. The van der Waals surface area contributed by atoms with Crippen molar-refractivity contribution in [2.45, 2.75) is 38.6 Å². The Labute approximate surface area is 138 Å². The predicted molar refractivity (Wildman–Crippen MR) is 95.8 cm³/mol. The number of amides is 1. The lowest BCUT2D eigenvalue weighted by atomic mass is 9.98. The quantitative estimate of drug-likeness (QED) is 0.930. The van der Waals surface area contributed by atoms with Crippen LogP contribution in [0.2, 0.25) is 0 Å². The maximum Gasteiger partial charge on any atom is 0.251 e. The number of carbonyl (C=O) groups is 1. The van der Waals surface area contributed by atoms with E-state index in [1.165, 1.54) is 19.3 Å². The molecule has 0 radical (unpaired) electrons. The SMILES string of the molecule is CC(C)(CNC(=O)c1ccc2ccccc2c1)N1CCCCC1. The molecule has 1 amide bonds. The molecule has 23 heavy (non-hydrogen) atoms. The summed E-state index contributed by atoms with van der Waals surface area (Å²) in [6.07, 6.45) is 3.86. The van der Waals surface area contributed by atoms with E-state index in [-0.39, 0.29) is 11.4 Å². The third kappa shape index (κ3) is 3.73. The second-order valence-corrected chi connectivity index (χ2v) is 7.10. The molecule has 2 aromatic carbocycles. The van der Waals surface area contributed by atoms with Crippen LogP contribution >= 0.6 is 0 Å². The first kappa shape index (κ1) is 16.0. The van der Waals surface area contributed by atoms with Crippen molar-refractivity contribution in [1.29, 1.82) is 0 Å². The van der Waals surface area contributed by atoms with Crippen LogP contribution in [0.25, 0.3) is 10.8 Å². The zero-order valence-corrected chi connectivity index (χ0v) is 14.1. The number of piperidine rings is 1. The number of nitrogens with one attached hydrogen (secondary N) is 1. The van der Waals surface area contributed by atoms with E-state index in [1.54, 1.807) is 0 Å². The lowest BCUT2D eigenvalue weighted by Crippen LogP contribution is -2.53. The highest BCUT2D eigenvalue weighted by molar-refractivity contribution is 5.98. The standard InChI is InChI=1S/C20H26N2O/c1-20(2,22-12-6-3-7-13-22)15-21-19(23)18-11-10-16-8-4-5-9-17(16)14-18/h4-5,8-11,14H,3,6-7,12-13,15H2,1-2H3,(H,21,23). The zero-order valence-electron chi connectivity index (χ0n) is 14.1. The average molecular weight is 310 g/mol. The molecule has 1 heterocycles. The summed E-state index contributed by atoms with van der Waals surface area (Å²) >= 11 is 0. The van der Waals surface area contributed by atoms with Crippen molar-refractivity contribution in [2.75, 3.05) is 19.6 Å². The molecule has 3 rings (SSSR count). The van der Waals surface area contributed by atoms with Crippen LogP contribution in [0.15, 0.2) is 42.5 Å². The van der Waals surface area contributed by atoms with Gasteiger partial charge in [0.25, 0.3) is 5.91 Å². The zero-order chi connectivity index (χ0) is 16.3. The van der Waals surface area contributed by atoms with Gasteiger partial charge < -0.3 is 5.32 Å². The first-order valence-corrected chi connectivity index (χ1v) is 8.58. The summed E-state index contributed by atoms with van der Waals surface area (Å²) in [4.78, 5) is 15.0. The Morgan fingerprint density at radius 1 is 1.04 bits per heavy atom. The minimum atomic E-state index is 0.00687. The Bertz CT molecular complexity index is 687. The van der Waals surface area contributed by atoms with Crippen molar-refractivity contribution in [3.63, 3.8) is 0 Å². The normalized spacial score (nSPS) is 16.4. The number of hydrogen-bond acceptors (Lipinski definition) is 2. The van der Waals surface area contributed by atoms with Gasteiger partial charge in [0, 0.05) is 17.6 Å². The minimum Gasteiger partial charge on any atom is -0.350 e. The van der Waals surface area contributed by atoms with Crippen molar-refractivity contribution in [3.8, 4) is 0 Å². The van der Waals surface area contributed by atoms with Crippen LogP contribution in [0.5, 0.6) is 0 Å². The van der Waals surface area contributed by atoms with Crippen molar-refractivity contribution in [3.05, 3.63) is 48.0 Å². The molecule has 3 heteroatoms. The van der Waals surface area contributed by atoms with Gasteiger partial charge in [-0.2, -0.15) is 0 Å². The van der Waals surface area contributed by atoms with Crippen molar-refractivity contribution in [2.24, 2.45) is 0 Å². The minimum absolute atomic E-state index is 0.00687. The molecule has 0 atom stereocenters. The van der Waals surface area contributed by atoms with E-state index < -0.39 is 0 Å². The third-order valence-electron chi connectivity index (χ3n) is 4.91. The van der Waals surface area contributed by atoms with E-state index in [4.69, 9.17) is 0 Å². The van der Waals surface area contributed by atoms with Gasteiger partial charge in [0.05, 0.1) is 0 Å². The molecule has 0 bridgehead atoms. The predicted octanol–water partition coefficient (Wildman–Crippen LogP) is 3.83. The Balaban J connectivity index is 1.65. The Morgan fingerprint density at radius 2 is 1.74 bits per heavy atom. The molecular formula is C20H26N2O. The molecule has 0 aromatic heterocycles. The van der Waals surface area contributed by atoms with Gasteiger partial charge in [-0.3, -0.25) is 9.69 Å². The first-order chi connectivity index (χ1) is 11.1. The number of benzene rings is 2. The number of fused-ring (bicyclic) bond motifs is 1. The largest absolute Gasteiger partial charge is 0.350 e. The van der Waals surface area contributed by atoms with Gasteiger partial charge in [0.1, 0.15) is 0 Å². The number of rotatable bonds is 4. The molecule has 0 unspecified atom stereocenters. The van der Waals surface area contributed by atoms with Crippen LogP contribution in [0.4, 0.5) is 0 Å². The monoisotopic (exact) mass is 310 g/mol. The van der Waals surface area contributed by atoms with Crippen molar-refractivity contribution in [1.82, 2.24) is 10.2 Å². The first-order valence-electron chi connectivity index (χ1n) is 8.58. The van der Waals surface area contributed by atoms with E-state index >= 15 is 0 Å². The lowest BCUT2D eigenvalue weighted by Gasteiger charge is -2.41. The molecule has 0 aliphatic carbocycles. The Morgan fingerprint density at radius 3 is 2.48 bits per heavy atom. The lowest BCUT2D eigenvalue weighted by molar-refractivity contribution is 0.0797. The van der Waals surface area contributed by atoms with Gasteiger partial charge in [-0.05, 0) is 62.7 Å². The van der Waals surface area contributed by atoms with E-state index in [2.05, 4.69) is 30.1 Å². The third-order valence-corrected chi connectivity index (χ3v) is 4.91. The van der Waals surface area contributed by atoms with Gasteiger partial charge in [-0.25, -0.2) is 0 Å². The summed E-state index contributed by atoms with van der Waals surface area (Å²) in [6, 6.07) is 14.0. The van der Waals surface area contributed by atoms with Crippen LogP contribution in [-0.2, 0) is 0 Å². The summed E-state index contributed by atoms with van der Waals surface area (Å²) < 4.78 is 0. The van der Waals surface area contributed by atoms with E-state index in [1.807, 2.05) is 36.4 Å². The average Bonchev–Trinajstić information content (AvgIpc) is 2.60. The Kier molecular flexibility index (Phi) is 4.67. The molecule has 1 N–H and O–H groups in total. The second-order valence-electron chi connectivity index (χ2n) is 7.10. The maximum absolute atomic E-state index is 12.5. The molecular weight excluding hydrogens is 284 g/mol. The molecule has 1 aliphatic rings. The number of likely N-dealkylation sites (tertiary alicyclic amines) is 1. The maximum atomic E-state index is 12.5. The highest BCUT2D eigenvalue weighted by atomic mass is 16.1. The van der Waals surface area contributed by atoms with Crippen LogP contribution in [0.1, 0.15) is 43.5 Å².